The van der Waals surface area contributed by atoms with Crippen LogP contribution in [0.15, 0.2) is 54.6 Å². The maximum atomic E-state index is 12.8. The fourth-order valence-corrected chi connectivity index (χ4v) is 3.56. The van der Waals surface area contributed by atoms with Crippen molar-refractivity contribution in [1.29, 1.82) is 0 Å². The van der Waals surface area contributed by atoms with Crippen molar-refractivity contribution in [3.63, 3.8) is 0 Å². The highest BCUT2D eigenvalue weighted by Gasteiger charge is 2.37. The van der Waals surface area contributed by atoms with Crippen LogP contribution in [0.25, 0.3) is 0 Å². The van der Waals surface area contributed by atoms with Crippen LogP contribution in [0.2, 0.25) is 0 Å². The van der Waals surface area contributed by atoms with Crippen molar-refractivity contribution in [3.8, 4) is 0 Å². The lowest BCUT2D eigenvalue weighted by Gasteiger charge is -2.30. The molecule has 0 radical (unpaired) electrons. The zero-order chi connectivity index (χ0) is 18.5. The summed E-state index contributed by atoms with van der Waals surface area (Å²) in [5.74, 6) is -0.0460. The Balaban J connectivity index is 1.58. The molecule has 2 aromatic rings. The Morgan fingerprint density at radius 2 is 1.77 bits per heavy atom. The molecule has 1 unspecified atom stereocenters. The number of fused-ring (bicyclic) bond motifs is 1. The Bertz CT molecular complexity index is 771. The number of benzene rings is 2. The second-order valence-electron chi connectivity index (χ2n) is 7.16. The van der Waals surface area contributed by atoms with Gasteiger partial charge in [-0.2, -0.15) is 0 Å². The first-order valence-electron chi connectivity index (χ1n) is 9.28. The quantitative estimate of drug-likeness (QED) is 0.778. The summed E-state index contributed by atoms with van der Waals surface area (Å²) < 4.78 is 0. The Morgan fingerprint density at radius 1 is 1.08 bits per heavy atom. The molecule has 2 aromatic carbocycles. The largest absolute Gasteiger partial charge is 0.354 e. The van der Waals surface area contributed by atoms with E-state index in [0.29, 0.717) is 13.1 Å². The molecular formula is C22H26N2O2. The van der Waals surface area contributed by atoms with Crippen LogP contribution in [0, 0.1) is 5.92 Å². The second kappa shape index (κ2) is 8.17. The Morgan fingerprint density at radius 3 is 2.46 bits per heavy atom. The van der Waals surface area contributed by atoms with Crippen molar-refractivity contribution in [1.82, 2.24) is 10.2 Å². The van der Waals surface area contributed by atoms with E-state index in [1.807, 2.05) is 56.3 Å². The molecule has 0 saturated heterocycles. The average molecular weight is 350 g/mol. The first-order valence-corrected chi connectivity index (χ1v) is 9.28. The van der Waals surface area contributed by atoms with Gasteiger partial charge in [-0.1, -0.05) is 62.4 Å². The van der Waals surface area contributed by atoms with Crippen molar-refractivity contribution in [3.05, 3.63) is 71.3 Å². The molecule has 1 heterocycles. The van der Waals surface area contributed by atoms with E-state index in [4.69, 9.17) is 0 Å². The molecule has 0 bridgehead atoms. The standard InChI is InChI=1S/C22H26N2O2/c1-16(2)20(24-15-18-12-6-7-13-19(18)22(24)26)21(25)23-14-8-11-17-9-4-3-5-10-17/h3-7,9-10,12-13,16,20H,8,11,14-15H2,1-2H3,(H,23,25). The molecule has 26 heavy (non-hydrogen) atoms. The van der Waals surface area contributed by atoms with E-state index in [9.17, 15) is 9.59 Å². The normalized spacial score (nSPS) is 14.4. The molecule has 0 aliphatic carbocycles. The summed E-state index contributed by atoms with van der Waals surface area (Å²) in [4.78, 5) is 27.2. The third-order valence-corrected chi connectivity index (χ3v) is 4.87. The van der Waals surface area contributed by atoms with E-state index in [1.54, 1.807) is 4.90 Å². The highest BCUT2D eigenvalue weighted by Crippen LogP contribution is 2.27. The summed E-state index contributed by atoms with van der Waals surface area (Å²) in [6, 6.07) is 17.4. The summed E-state index contributed by atoms with van der Waals surface area (Å²) in [6.07, 6.45) is 1.82. The molecule has 3 rings (SSSR count). The maximum Gasteiger partial charge on any atom is 0.255 e. The molecule has 2 amide bonds. The summed E-state index contributed by atoms with van der Waals surface area (Å²) in [6.45, 7) is 5.11. The zero-order valence-electron chi connectivity index (χ0n) is 15.4. The number of carbonyl (C=O) groups is 2. The van der Waals surface area contributed by atoms with Crippen LogP contribution in [0.3, 0.4) is 0 Å². The third-order valence-electron chi connectivity index (χ3n) is 4.87. The molecule has 4 heteroatoms. The molecule has 1 aliphatic rings. The van der Waals surface area contributed by atoms with Gasteiger partial charge in [0.25, 0.3) is 5.91 Å². The molecule has 0 fully saturated rings. The van der Waals surface area contributed by atoms with E-state index in [1.165, 1.54) is 5.56 Å². The van der Waals surface area contributed by atoms with Crippen LogP contribution in [0.4, 0.5) is 0 Å². The summed E-state index contributed by atoms with van der Waals surface area (Å²) >= 11 is 0. The van der Waals surface area contributed by atoms with Gasteiger partial charge in [-0.25, -0.2) is 0 Å². The molecule has 1 atom stereocenters. The number of aryl methyl sites for hydroxylation is 1. The first kappa shape index (κ1) is 18.2. The Hall–Kier alpha value is -2.62. The predicted molar refractivity (Wildman–Crippen MR) is 103 cm³/mol. The van der Waals surface area contributed by atoms with Gasteiger partial charge in [0.15, 0.2) is 0 Å². The monoisotopic (exact) mass is 350 g/mol. The van der Waals surface area contributed by atoms with Crippen LogP contribution >= 0.6 is 0 Å². The van der Waals surface area contributed by atoms with Gasteiger partial charge in [0.05, 0.1) is 0 Å². The van der Waals surface area contributed by atoms with Crippen LogP contribution in [-0.2, 0) is 17.8 Å². The Kier molecular flexibility index (Phi) is 5.71. The number of nitrogens with one attached hydrogen (secondary N) is 1. The average Bonchev–Trinajstić information content (AvgIpc) is 2.96. The zero-order valence-corrected chi connectivity index (χ0v) is 15.4. The number of hydrogen-bond donors (Lipinski definition) is 1. The smallest absolute Gasteiger partial charge is 0.255 e. The molecule has 136 valence electrons. The molecule has 0 saturated carbocycles. The van der Waals surface area contributed by atoms with Crippen LogP contribution in [0.5, 0.6) is 0 Å². The minimum atomic E-state index is -0.438. The van der Waals surface area contributed by atoms with E-state index < -0.39 is 6.04 Å². The fraction of sp³-hybridized carbons (Fsp3) is 0.364. The number of nitrogens with zero attached hydrogens (tertiary/aromatic N) is 1. The summed E-state index contributed by atoms with van der Waals surface area (Å²) in [5.41, 5.74) is 2.99. The minimum absolute atomic E-state index is 0.0428. The van der Waals surface area contributed by atoms with Crippen LogP contribution < -0.4 is 5.32 Å². The molecule has 0 spiro atoms. The van der Waals surface area contributed by atoms with Gasteiger partial charge in [-0.3, -0.25) is 9.59 Å². The number of carbonyl (C=O) groups excluding carboxylic acids is 2. The lowest BCUT2D eigenvalue weighted by Crippen LogP contribution is -2.50. The van der Waals surface area contributed by atoms with Crippen molar-refractivity contribution in [2.45, 2.75) is 39.3 Å². The third kappa shape index (κ3) is 3.96. The van der Waals surface area contributed by atoms with E-state index in [-0.39, 0.29) is 17.7 Å². The lowest BCUT2D eigenvalue weighted by atomic mass is 10.0. The molecule has 4 nitrogen and oxygen atoms in total. The van der Waals surface area contributed by atoms with E-state index in [0.717, 1.165) is 24.0 Å². The van der Waals surface area contributed by atoms with Crippen molar-refractivity contribution in [2.75, 3.05) is 6.54 Å². The first-order chi connectivity index (χ1) is 12.6. The molecule has 1 aliphatic heterocycles. The Labute approximate surface area is 155 Å². The van der Waals surface area contributed by atoms with Gasteiger partial charge in [0.2, 0.25) is 5.91 Å². The fourth-order valence-electron chi connectivity index (χ4n) is 3.56. The second-order valence-corrected chi connectivity index (χ2v) is 7.16. The van der Waals surface area contributed by atoms with Gasteiger partial charge < -0.3 is 10.2 Å². The number of hydrogen-bond acceptors (Lipinski definition) is 2. The SMILES string of the molecule is CC(C)C(C(=O)NCCCc1ccccc1)N1Cc2ccccc2C1=O. The number of rotatable bonds is 7. The van der Waals surface area contributed by atoms with Crippen LogP contribution in [0.1, 0.15) is 41.8 Å². The van der Waals surface area contributed by atoms with E-state index in [2.05, 4.69) is 17.4 Å². The predicted octanol–water partition coefficient (Wildman–Crippen LogP) is 3.42. The van der Waals surface area contributed by atoms with Gasteiger partial charge in [-0.05, 0) is 36.0 Å². The van der Waals surface area contributed by atoms with E-state index >= 15 is 0 Å². The topological polar surface area (TPSA) is 49.4 Å². The highest BCUT2D eigenvalue weighted by molar-refractivity contribution is 6.01. The maximum absolute atomic E-state index is 12.8. The lowest BCUT2D eigenvalue weighted by molar-refractivity contribution is -0.127. The number of amides is 2. The van der Waals surface area contributed by atoms with Crippen molar-refractivity contribution >= 4 is 11.8 Å². The molecule has 1 N–H and O–H groups in total. The summed E-state index contributed by atoms with van der Waals surface area (Å²) in [7, 11) is 0. The van der Waals surface area contributed by atoms with Crippen LogP contribution in [-0.4, -0.2) is 29.3 Å². The summed E-state index contributed by atoms with van der Waals surface area (Å²) in [5, 5.41) is 3.03. The van der Waals surface area contributed by atoms with Gasteiger partial charge in [-0.15, -0.1) is 0 Å². The minimum Gasteiger partial charge on any atom is -0.354 e. The van der Waals surface area contributed by atoms with Crippen molar-refractivity contribution in [2.24, 2.45) is 5.92 Å². The van der Waals surface area contributed by atoms with Gasteiger partial charge in [0, 0.05) is 18.7 Å². The molecule has 0 aromatic heterocycles. The molecular weight excluding hydrogens is 324 g/mol. The van der Waals surface area contributed by atoms with Gasteiger partial charge in [0.1, 0.15) is 6.04 Å². The van der Waals surface area contributed by atoms with Gasteiger partial charge >= 0.3 is 0 Å². The van der Waals surface area contributed by atoms with Crippen molar-refractivity contribution < 1.29 is 9.59 Å². The highest BCUT2D eigenvalue weighted by atomic mass is 16.2.